The Hall–Kier alpha value is -1.87. The first-order valence-electron chi connectivity index (χ1n) is 8.24. The summed E-state index contributed by atoms with van der Waals surface area (Å²) in [7, 11) is -2.95. The summed E-state index contributed by atoms with van der Waals surface area (Å²) in [6.07, 6.45) is 5.30. The molecule has 2 unspecified atom stereocenters. The Bertz CT molecular complexity index is 850. The number of rotatable bonds is 2. The molecular weight excluding hydrogens is 304 g/mol. The van der Waals surface area contributed by atoms with E-state index < -0.39 is 9.84 Å². The lowest BCUT2D eigenvalue weighted by atomic mass is 9.91. The van der Waals surface area contributed by atoms with Crippen molar-refractivity contribution in [2.45, 2.75) is 36.2 Å². The fourth-order valence-electron chi connectivity index (χ4n) is 3.80. The molecule has 0 spiro atoms. The standard InChI is InChI=1S/C20H20O2S/c21-23(22)19-10-5-11-20(23)14-18(13-19)17-9-4-8-16(12-17)15-6-2-1-3-7-15/h1-4,6-9,12-13,19-20H,5,10-11,14H2. The van der Waals surface area contributed by atoms with Gasteiger partial charge >= 0.3 is 0 Å². The lowest BCUT2D eigenvalue weighted by Gasteiger charge is -2.33. The maximum absolute atomic E-state index is 12.4. The normalized spacial score (nSPS) is 25.7. The molecule has 4 rings (SSSR count). The average Bonchev–Trinajstić information content (AvgIpc) is 2.55. The van der Waals surface area contributed by atoms with Crippen LogP contribution in [0, 0.1) is 0 Å². The van der Waals surface area contributed by atoms with Gasteiger partial charge in [-0.15, -0.1) is 0 Å². The SMILES string of the molecule is O=S1(=O)C2C=C(c3cccc(-c4ccccc4)c3)CC1CCC2. The van der Waals surface area contributed by atoms with Gasteiger partial charge in [0.15, 0.2) is 9.84 Å². The van der Waals surface area contributed by atoms with Crippen LogP contribution in [0.5, 0.6) is 0 Å². The van der Waals surface area contributed by atoms with Crippen LogP contribution in [-0.2, 0) is 9.84 Å². The van der Waals surface area contributed by atoms with Crippen molar-refractivity contribution in [1.29, 1.82) is 0 Å². The minimum absolute atomic E-state index is 0.179. The van der Waals surface area contributed by atoms with Crippen LogP contribution in [0.4, 0.5) is 0 Å². The van der Waals surface area contributed by atoms with E-state index in [9.17, 15) is 8.42 Å². The van der Waals surface area contributed by atoms with E-state index in [-0.39, 0.29) is 10.5 Å². The summed E-state index contributed by atoms with van der Waals surface area (Å²) in [6.45, 7) is 0. The molecule has 0 aliphatic carbocycles. The first-order chi connectivity index (χ1) is 11.1. The summed E-state index contributed by atoms with van der Waals surface area (Å²) in [5, 5.41) is -0.452. The van der Waals surface area contributed by atoms with Gasteiger partial charge < -0.3 is 0 Å². The van der Waals surface area contributed by atoms with Crippen molar-refractivity contribution in [3.8, 4) is 11.1 Å². The van der Waals surface area contributed by atoms with Crippen LogP contribution in [0.3, 0.4) is 0 Å². The molecule has 1 fully saturated rings. The van der Waals surface area contributed by atoms with Crippen LogP contribution in [-0.4, -0.2) is 18.9 Å². The fourth-order valence-corrected chi connectivity index (χ4v) is 6.05. The second-order valence-electron chi connectivity index (χ2n) is 6.52. The minimum Gasteiger partial charge on any atom is -0.228 e. The Morgan fingerprint density at radius 1 is 0.826 bits per heavy atom. The van der Waals surface area contributed by atoms with E-state index in [4.69, 9.17) is 0 Å². The summed E-state index contributed by atoms with van der Waals surface area (Å²) < 4.78 is 24.8. The highest BCUT2D eigenvalue weighted by Crippen LogP contribution is 2.39. The molecule has 118 valence electrons. The first kappa shape index (κ1) is 14.7. The monoisotopic (exact) mass is 324 g/mol. The maximum atomic E-state index is 12.4. The maximum Gasteiger partial charge on any atom is 0.159 e. The topological polar surface area (TPSA) is 34.1 Å². The zero-order valence-corrected chi connectivity index (χ0v) is 13.8. The number of hydrogen-bond acceptors (Lipinski definition) is 2. The summed E-state index contributed by atoms with van der Waals surface area (Å²) >= 11 is 0. The highest BCUT2D eigenvalue weighted by Gasteiger charge is 2.40. The Balaban J connectivity index is 1.73. The van der Waals surface area contributed by atoms with Crippen LogP contribution < -0.4 is 0 Å². The van der Waals surface area contributed by atoms with Gasteiger partial charge in [0.05, 0.1) is 10.5 Å². The van der Waals surface area contributed by atoms with Gasteiger partial charge in [0.2, 0.25) is 0 Å². The number of fused-ring (bicyclic) bond motifs is 2. The minimum atomic E-state index is -2.95. The molecule has 3 heteroatoms. The number of hydrogen-bond donors (Lipinski definition) is 0. The third kappa shape index (κ3) is 2.63. The van der Waals surface area contributed by atoms with Gasteiger partial charge in [-0.05, 0) is 47.6 Å². The Morgan fingerprint density at radius 3 is 2.35 bits per heavy atom. The molecule has 2 heterocycles. The Labute approximate surface area is 137 Å². The second-order valence-corrected chi connectivity index (χ2v) is 8.97. The zero-order valence-electron chi connectivity index (χ0n) is 13.0. The van der Waals surface area contributed by atoms with Crippen LogP contribution in [0.2, 0.25) is 0 Å². The van der Waals surface area contributed by atoms with E-state index in [2.05, 4.69) is 36.4 Å². The van der Waals surface area contributed by atoms with Crippen molar-refractivity contribution in [3.63, 3.8) is 0 Å². The van der Waals surface area contributed by atoms with Crippen molar-refractivity contribution >= 4 is 15.4 Å². The van der Waals surface area contributed by atoms with Crippen molar-refractivity contribution in [3.05, 3.63) is 66.2 Å². The summed E-state index contributed by atoms with van der Waals surface area (Å²) in [6, 6.07) is 18.8. The van der Waals surface area contributed by atoms with Crippen molar-refractivity contribution in [1.82, 2.24) is 0 Å². The third-order valence-corrected chi connectivity index (χ3v) is 7.62. The first-order valence-corrected chi connectivity index (χ1v) is 9.85. The van der Waals surface area contributed by atoms with Gasteiger partial charge in [-0.2, -0.15) is 0 Å². The predicted octanol–water partition coefficient (Wildman–Crippen LogP) is 4.48. The molecule has 2 nitrogen and oxygen atoms in total. The van der Waals surface area contributed by atoms with Gasteiger partial charge in [0.1, 0.15) is 0 Å². The zero-order chi connectivity index (χ0) is 15.9. The van der Waals surface area contributed by atoms with E-state index >= 15 is 0 Å². The molecule has 0 saturated carbocycles. The summed E-state index contributed by atoms with van der Waals surface area (Å²) in [4.78, 5) is 0. The molecule has 0 aromatic heterocycles. The second kappa shape index (κ2) is 5.64. The van der Waals surface area contributed by atoms with Gasteiger partial charge in [-0.25, -0.2) is 8.42 Å². The molecule has 2 aromatic carbocycles. The lowest BCUT2D eigenvalue weighted by Crippen LogP contribution is -2.38. The molecule has 2 bridgehead atoms. The van der Waals surface area contributed by atoms with Crippen molar-refractivity contribution < 1.29 is 8.42 Å². The van der Waals surface area contributed by atoms with E-state index in [1.807, 2.05) is 24.3 Å². The Morgan fingerprint density at radius 2 is 1.57 bits per heavy atom. The van der Waals surface area contributed by atoms with Crippen LogP contribution in [0.15, 0.2) is 60.7 Å². The van der Waals surface area contributed by atoms with E-state index in [0.717, 1.165) is 24.8 Å². The number of benzene rings is 2. The third-order valence-electron chi connectivity index (χ3n) is 5.08. The van der Waals surface area contributed by atoms with Crippen molar-refractivity contribution in [2.75, 3.05) is 0 Å². The van der Waals surface area contributed by atoms with E-state index in [0.29, 0.717) is 6.42 Å². The molecule has 0 N–H and O–H groups in total. The highest BCUT2D eigenvalue weighted by atomic mass is 32.2. The lowest BCUT2D eigenvalue weighted by molar-refractivity contribution is 0.518. The summed E-state index contributed by atoms with van der Waals surface area (Å²) in [5.41, 5.74) is 4.74. The Kier molecular flexibility index (Phi) is 3.61. The number of allylic oxidation sites excluding steroid dienone is 1. The van der Waals surface area contributed by atoms with E-state index in [1.54, 1.807) is 0 Å². The molecule has 2 aliphatic heterocycles. The van der Waals surface area contributed by atoms with Crippen LogP contribution >= 0.6 is 0 Å². The summed E-state index contributed by atoms with van der Waals surface area (Å²) in [5.74, 6) is 0. The fraction of sp³-hybridized carbons (Fsp3) is 0.300. The quantitative estimate of drug-likeness (QED) is 0.816. The molecule has 0 radical (unpaired) electrons. The van der Waals surface area contributed by atoms with Crippen LogP contribution in [0.25, 0.3) is 16.7 Å². The van der Waals surface area contributed by atoms with Crippen molar-refractivity contribution in [2.24, 2.45) is 0 Å². The molecule has 2 aromatic rings. The molecule has 23 heavy (non-hydrogen) atoms. The molecule has 2 atom stereocenters. The number of sulfone groups is 1. The largest absolute Gasteiger partial charge is 0.228 e. The van der Waals surface area contributed by atoms with Gasteiger partial charge in [-0.3, -0.25) is 0 Å². The molecule has 0 amide bonds. The predicted molar refractivity (Wildman–Crippen MR) is 94.8 cm³/mol. The van der Waals surface area contributed by atoms with Gasteiger partial charge in [0.25, 0.3) is 0 Å². The van der Waals surface area contributed by atoms with E-state index in [1.165, 1.54) is 16.7 Å². The van der Waals surface area contributed by atoms with Gasteiger partial charge in [0, 0.05) is 0 Å². The average molecular weight is 324 g/mol. The van der Waals surface area contributed by atoms with Crippen LogP contribution in [0.1, 0.15) is 31.2 Å². The molecule has 2 aliphatic rings. The smallest absolute Gasteiger partial charge is 0.159 e. The molecular formula is C20H20O2S. The highest BCUT2D eigenvalue weighted by molar-refractivity contribution is 7.93. The van der Waals surface area contributed by atoms with Gasteiger partial charge in [-0.1, -0.05) is 61.0 Å². The molecule has 1 saturated heterocycles.